The maximum absolute atomic E-state index is 12.8. The Labute approximate surface area is 185 Å². The molecule has 3 rings (SSSR count). The highest BCUT2D eigenvalue weighted by Gasteiger charge is 2.32. The first-order valence-corrected chi connectivity index (χ1v) is 10.6. The van der Waals surface area contributed by atoms with E-state index in [9.17, 15) is 22.8 Å². The highest BCUT2D eigenvalue weighted by atomic mass is 19.4. The lowest BCUT2D eigenvalue weighted by atomic mass is 10.00. The van der Waals surface area contributed by atoms with Crippen LogP contribution < -0.4 is 15.5 Å². The average molecular weight is 448 g/mol. The van der Waals surface area contributed by atoms with Crippen molar-refractivity contribution in [2.45, 2.75) is 44.9 Å². The van der Waals surface area contributed by atoms with Crippen molar-refractivity contribution in [3.05, 3.63) is 59.8 Å². The minimum Gasteiger partial charge on any atom is -0.356 e. The first-order chi connectivity index (χ1) is 15.1. The van der Waals surface area contributed by atoms with E-state index in [2.05, 4.69) is 15.6 Å². The summed E-state index contributed by atoms with van der Waals surface area (Å²) in [6, 6.07) is 10.4. The molecule has 6 nitrogen and oxygen atoms in total. The molecule has 1 aliphatic rings. The predicted octanol–water partition coefficient (Wildman–Crippen LogP) is 3.64. The van der Waals surface area contributed by atoms with Crippen molar-refractivity contribution < 1.29 is 22.8 Å². The summed E-state index contributed by atoms with van der Waals surface area (Å²) in [5.41, 5.74) is -0.288. The Morgan fingerprint density at radius 2 is 1.72 bits per heavy atom. The van der Waals surface area contributed by atoms with Crippen molar-refractivity contribution >= 4 is 17.6 Å². The Morgan fingerprint density at radius 3 is 2.25 bits per heavy atom. The Kier molecular flexibility index (Phi) is 7.37. The van der Waals surface area contributed by atoms with E-state index in [4.69, 9.17) is 0 Å². The number of hydrogen-bond donors (Lipinski definition) is 2. The number of halogens is 3. The Hall–Kier alpha value is -3.10. The highest BCUT2D eigenvalue weighted by molar-refractivity contribution is 5.97. The van der Waals surface area contributed by atoms with Gasteiger partial charge in [0.15, 0.2) is 0 Å². The number of nitrogens with zero attached hydrogens (tertiary/aromatic N) is 2. The minimum absolute atomic E-state index is 0.0805. The van der Waals surface area contributed by atoms with Gasteiger partial charge >= 0.3 is 6.18 Å². The van der Waals surface area contributed by atoms with Crippen molar-refractivity contribution in [3.8, 4) is 0 Å². The highest BCUT2D eigenvalue weighted by Crippen LogP contribution is 2.29. The van der Waals surface area contributed by atoms with E-state index >= 15 is 0 Å². The molecule has 0 radical (unpaired) electrons. The molecule has 1 fully saturated rings. The molecule has 32 heavy (non-hydrogen) atoms. The Morgan fingerprint density at radius 1 is 1.06 bits per heavy atom. The predicted molar refractivity (Wildman–Crippen MR) is 115 cm³/mol. The molecule has 1 aliphatic heterocycles. The summed E-state index contributed by atoms with van der Waals surface area (Å²) < 4.78 is 38.1. The van der Waals surface area contributed by atoms with E-state index in [1.54, 1.807) is 24.3 Å². The zero-order valence-electron chi connectivity index (χ0n) is 18.0. The molecule has 0 aliphatic carbocycles. The lowest BCUT2D eigenvalue weighted by molar-refractivity contribution is -0.137. The molecule has 2 N–H and O–H groups in total. The maximum atomic E-state index is 12.8. The Balaban J connectivity index is 1.54. The molecule has 9 heteroatoms. The van der Waals surface area contributed by atoms with E-state index in [1.165, 1.54) is 6.07 Å². The van der Waals surface area contributed by atoms with Crippen LogP contribution in [0.1, 0.15) is 42.6 Å². The summed E-state index contributed by atoms with van der Waals surface area (Å²) in [4.78, 5) is 31.2. The van der Waals surface area contributed by atoms with Gasteiger partial charge in [-0.2, -0.15) is 13.2 Å². The number of amides is 2. The van der Waals surface area contributed by atoms with Gasteiger partial charge in [-0.05, 0) is 43.0 Å². The average Bonchev–Trinajstić information content (AvgIpc) is 2.77. The van der Waals surface area contributed by atoms with Crippen molar-refractivity contribution in [1.82, 2.24) is 15.6 Å². The van der Waals surface area contributed by atoms with Crippen LogP contribution in [-0.2, 0) is 11.0 Å². The van der Waals surface area contributed by atoms with Crippen LogP contribution in [-0.4, -0.2) is 42.0 Å². The number of aromatic nitrogens is 1. The van der Waals surface area contributed by atoms with Gasteiger partial charge in [0.1, 0.15) is 11.9 Å². The number of carbonyl (C=O) groups is 2. The van der Waals surface area contributed by atoms with E-state index in [-0.39, 0.29) is 23.8 Å². The van der Waals surface area contributed by atoms with Crippen molar-refractivity contribution in [3.63, 3.8) is 0 Å². The fourth-order valence-corrected chi connectivity index (χ4v) is 3.63. The molecule has 2 amide bonds. The number of anilines is 1. The number of pyridine rings is 1. The van der Waals surface area contributed by atoms with Crippen LogP contribution >= 0.6 is 0 Å². The SMILES string of the molecule is CC(C)C(NC(=O)c1ccccc1)C(=O)NC1CCN(c2ccc(C(F)(F)F)cn2)CC1. The molecule has 1 aromatic carbocycles. The number of alkyl halides is 3. The van der Waals surface area contributed by atoms with Crippen LogP contribution in [0.15, 0.2) is 48.7 Å². The lowest BCUT2D eigenvalue weighted by Crippen LogP contribution is -2.54. The van der Waals surface area contributed by atoms with Gasteiger partial charge in [-0.15, -0.1) is 0 Å². The van der Waals surface area contributed by atoms with E-state index in [0.29, 0.717) is 37.3 Å². The molecule has 2 heterocycles. The van der Waals surface area contributed by atoms with Crippen LogP contribution in [0.25, 0.3) is 0 Å². The van der Waals surface area contributed by atoms with Crippen LogP contribution in [0.3, 0.4) is 0 Å². The second kappa shape index (κ2) is 10.0. The van der Waals surface area contributed by atoms with E-state index in [0.717, 1.165) is 12.3 Å². The van der Waals surface area contributed by atoms with Gasteiger partial charge in [0.2, 0.25) is 5.91 Å². The van der Waals surface area contributed by atoms with Gasteiger partial charge in [-0.25, -0.2) is 4.98 Å². The normalized spacial score (nSPS) is 16.0. The summed E-state index contributed by atoms with van der Waals surface area (Å²) >= 11 is 0. The van der Waals surface area contributed by atoms with Crippen LogP contribution in [0.5, 0.6) is 0 Å². The van der Waals surface area contributed by atoms with E-state index in [1.807, 2.05) is 24.8 Å². The smallest absolute Gasteiger partial charge is 0.356 e. The van der Waals surface area contributed by atoms with E-state index < -0.39 is 17.8 Å². The number of hydrogen-bond acceptors (Lipinski definition) is 4. The standard InChI is InChI=1S/C23H27F3N4O2/c1-15(2)20(29-21(31)16-6-4-3-5-7-16)22(32)28-18-10-12-30(13-11-18)19-9-8-17(14-27-19)23(24,25)26/h3-9,14-15,18,20H,10-13H2,1-2H3,(H,28,32)(H,29,31). The zero-order valence-corrected chi connectivity index (χ0v) is 18.0. The van der Waals surface area contributed by atoms with Gasteiger partial charge in [0, 0.05) is 30.9 Å². The number of nitrogens with one attached hydrogen (secondary N) is 2. The van der Waals surface area contributed by atoms with Crippen LogP contribution in [0, 0.1) is 5.92 Å². The summed E-state index contributed by atoms with van der Waals surface area (Å²) in [5.74, 6) is -0.157. The molecule has 1 aromatic heterocycles. The molecule has 1 saturated heterocycles. The third-order valence-corrected chi connectivity index (χ3v) is 5.51. The molecule has 0 spiro atoms. The van der Waals surface area contributed by atoms with Crippen LogP contribution in [0.4, 0.5) is 19.0 Å². The summed E-state index contributed by atoms with van der Waals surface area (Å²) in [7, 11) is 0. The van der Waals surface area contributed by atoms with Gasteiger partial charge in [0.05, 0.1) is 5.56 Å². The fourth-order valence-electron chi connectivity index (χ4n) is 3.63. The first-order valence-electron chi connectivity index (χ1n) is 10.6. The minimum atomic E-state index is -4.41. The Bertz CT molecular complexity index is 909. The zero-order chi connectivity index (χ0) is 23.3. The third-order valence-electron chi connectivity index (χ3n) is 5.51. The van der Waals surface area contributed by atoms with Crippen molar-refractivity contribution in [2.24, 2.45) is 5.92 Å². The lowest BCUT2D eigenvalue weighted by Gasteiger charge is -2.34. The molecule has 172 valence electrons. The van der Waals surface area contributed by atoms with Gasteiger partial charge in [-0.1, -0.05) is 32.0 Å². The number of benzene rings is 1. The van der Waals surface area contributed by atoms with Crippen molar-refractivity contribution in [1.29, 1.82) is 0 Å². The number of carbonyl (C=O) groups excluding carboxylic acids is 2. The monoisotopic (exact) mass is 448 g/mol. The molecular weight excluding hydrogens is 421 g/mol. The van der Waals surface area contributed by atoms with Gasteiger partial charge in [-0.3, -0.25) is 9.59 Å². The number of rotatable bonds is 6. The number of piperidine rings is 1. The van der Waals surface area contributed by atoms with Gasteiger partial charge < -0.3 is 15.5 Å². The second-order valence-electron chi connectivity index (χ2n) is 8.23. The summed E-state index contributed by atoms with van der Waals surface area (Å²) in [5, 5.41) is 5.82. The molecule has 2 aromatic rings. The molecule has 0 bridgehead atoms. The quantitative estimate of drug-likeness (QED) is 0.708. The topological polar surface area (TPSA) is 74.3 Å². The molecule has 0 saturated carbocycles. The maximum Gasteiger partial charge on any atom is 0.417 e. The summed E-state index contributed by atoms with van der Waals surface area (Å²) in [6.45, 7) is 4.86. The second-order valence-corrected chi connectivity index (χ2v) is 8.23. The fraction of sp³-hybridized carbons (Fsp3) is 0.435. The van der Waals surface area contributed by atoms with Crippen molar-refractivity contribution in [2.75, 3.05) is 18.0 Å². The first kappa shape index (κ1) is 23.6. The largest absolute Gasteiger partial charge is 0.417 e. The van der Waals surface area contributed by atoms with Crippen LogP contribution in [0.2, 0.25) is 0 Å². The third kappa shape index (κ3) is 5.99. The van der Waals surface area contributed by atoms with Gasteiger partial charge in [0.25, 0.3) is 5.91 Å². The summed E-state index contributed by atoms with van der Waals surface area (Å²) in [6.07, 6.45) is -2.31. The molecular formula is C23H27F3N4O2. The molecule has 1 atom stereocenters. The molecule has 1 unspecified atom stereocenters.